The van der Waals surface area contributed by atoms with Crippen LogP contribution < -0.4 is 5.32 Å². The summed E-state index contributed by atoms with van der Waals surface area (Å²) in [6.07, 6.45) is -1.37. The number of hydrogen-bond acceptors (Lipinski definition) is 6. The van der Waals surface area contributed by atoms with Crippen molar-refractivity contribution >= 4 is 24.0 Å². The van der Waals surface area contributed by atoms with Gasteiger partial charge in [0.25, 0.3) is 0 Å². The number of methoxy groups -OCH3 is 1. The van der Waals surface area contributed by atoms with Gasteiger partial charge in [-0.25, -0.2) is 9.59 Å². The fraction of sp³-hybridized carbons (Fsp3) is 0.567. The number of rotatable bonds is 12. The topological polar surface area (TPSA) is 88.2 Å². The molecule has 0 radical (unpaired) electrons. The number of unbranched alkanes of at least 4 members (excludes halogenated alkanes) is 2. The second kappa shape index (κ2) is 14.0. The fourth-order valence-electron chi connectivity index (χ4n) is 5.39. The van der Waals surface area contributed by atoms with Crippen molar-refractivity contribution in [1.82, 2.24) is 15.1 Å². The second-order valence-corrected chi connectivity index (χ2v) is 10.9. The maximum Gasteiger partial charge on any atom is 0.410 e. The molecule has 0 aromatic heterocycles. The molecule has 11 heteroatoms. The highest BCUT2D eigenvalue weighted by atomic mass is 19.4. The van der Waals surface area contributed by atoms with Crippen LogP contribution in [0.5, 0.6) is 0 Å². The van der Waals surface area contributed by atoms with Gasteiger partial charge in [-0.3, -0.25) is 15.0 Å². The third kappa shape index (κ3) is 7.90. The predicted molar refractivity (Wildman–Crippen MR) is 148 cm³/mol. The van der Waals surface area contributed by atoms with Crippen molar-refractivity contribution in [2.24, 2.45) is 5.92 Å². The molecule has 0 spiro atoms. The predicted octanol–water partition coefficient (Wildman–Crippen LogP) is 5.22. The molecule has 1 N–H and O–H groups in total. The standard InChI is InChI=1S/C30H40F3N3O5/c1-6-8-9-10-14-25(30(31,32)33)34-26(19(3)4)27(37)36-17-22(15-24(36)28(38)40-5)41-29(39)35-16-21-13-11-12-20(7-2)23(21)18-35/h6-7,11-13,19,22,24-26,34H,1-2,8-10,14-18H2,3-5H3/t22-,24+,25-,26+/m1/s1. The summed E-state index contributed by atoms with van der Waals surface area (Å²) in [5.41, 5.74) is 2.88. The van der Waals surface area contributed by atoms with E-state index >= 15 is 0 Å². The molecule has 226 valence electrons. The minimum atomic E-state index is -4.56. The molecule has 1 aromatic rings. The van der Waals surface area contributed by atoms with Gasteiger partial charge >= 0.3 is 18.2 Å². The lowest BCUT2D eigenvalue weighted by Crippen LogP contribution is -2.57. The number of alkyl halides is 3. The summed E-state index contributed by atoms with van der Waals surface area (Å²) in [6, 6.07) is 1.52. The SMILES string of the molecule is C=CCCCC[C@@H](N[C@H](C(=O)N1C[C@H](OC(=O)N2Cc3cccc(C=C)c3C2)C[C@H]1C(=O)OC)C(C)C)C(F)(F)F. The zero-order valence-corrected chi connectivity index (χ0v) is 23.9. The molecule has 3 rings (SSSR count). The van der Waals surface area contributed by atoms with Gasteiger partial charge in [-0.15, -0.1) is 6.58 Å². The molecule has 2 aliphatic rings. The van der Waals surface area contributed by atoms with Crippen molar-refractivity contribution in [3.05, 3.63) is 54.1 Å². The van der Waals surface area contributed by atoms with Crippen LogP contribution in [0.4, 0.5) is 18.0 Å². The quantitative estimate of drug-likeness (QED) is 0.208. The molecule has 0 saturated carbocycles. The molecule has 0 aliphatic carbocycles. The lowest BCUT2D eigenvalue weighted by molar-refractivity contribution is -0.164. The summed E-state index contributed by atoms with van der Waals surface area (Å²) in [5.74, 6) is -1.90. The first-order valence-electron chi connectivity index (χ1n) is 13.9. The summed E-state index contributed by atoms with van der Waals surface area (Å²) in [6.45, 7) is 11.2. The van der Waals surface area contributed by atoms with Gasteiger partial charge in [-0.1, -0.05) is 57.2 Å². The number of benzene rings is 1. The second-order valence-electron chi connectivity index (χ2n) is 10.9. The average Bonchev–Trinajstić information content (AvgIpc) is 3.55. The van der Waals surface area contributed by atoms with Crippen molar-refractivity contribution in [3.63, 3.8) is 0 Å². The summed E-state index contributed by atoms with van der Waals surface area (Å²) in [7, 11) is 1.17. The van der Waals surface area contributed by atoms with Crippen molar-refractivity contribution in [1.29, 1.82) is 0 Å². The number of amides is 2. The average molecular weight is 580 g/mol. The van der Waals surface area contributed by atoms with E-state index < -0.39 is 54.3 Å². The largest absolute Gasteiger partial charge is 0.467 e. The molecular formula is C30H40F3N3O5. The molecule has 1 fully saturated rings. The van der Waals surface area contributed by atoms with Gasteiger partial charge in [0.1, 0.15) is 18.2 Å². The zero-order chi connectivity index (χ0) is 30.3. The number of allylic oxidation sites excluding steroid dienone is 1. The molecular weight excluding hydrogens is 539 g/mol. The summed E-state index contributed by atoms with van der Waals surface area (Å²) >= 11 is 0. The van der Waals surface area contributed by atoms with Gasteiger partial charge in [0.15, 0.2) is 0 Å². The number of nitrogens with zero attached hydrogens (tertiary/aromatic N) is 2. The number of esters is 1. The van der Waals surface area contributed by atoms with Gasteiger partial charge < -0.3 is 14.4 Å². The van der Waals surface area contributed by atoms with Crippen LogP contribution in [0.3, 0.4) is 0 Å². The molecule has 0 bridgehead atoms. The third-order valence-corrected chi connectivity index (χ3v) is 7.64. The van der Waals surface area contributed by atoms with Crippen LogP contribution in [-0.2, 0) is 32.2 Å². The minimum absolute atomic E-state index is 0.0160. The Labute approximate surface area is 239 Å². The summed E-state index contributed by atoms with van der Waals surface area (Å²) in [4.78, 5) is 42.1. The lowest BCUT2D eigenvalue weighted by atomic mass is 9.99. The molecule has 0 unspecified atom stereocenters. The number of nitrogens with one attached hydrogen (secondary N) is 1. The molecule has 8 nitrogen and oxygen atoms in total. The van der Waals surface area contributed by atoms with Gasteiger partial charge in [0.05, 0.1) is 26.2 Å². The number of hydrogen-bond donors (Lipinski definition) is 1. The summed E-state index contributed by atoms with van der Waals surface area (Å²) in [5, 5.41) is 2.53. The van der Waals surface area contributed by atoms with Gasteiger partial charge in [-0.2, -0.15) is 13.2 Å². The van der Waals surface area contributed by atoms with Crippen LogP contribution >= 0.6 is 0 Å². The Bertz CT molecular complexity index is 1120. The number of carbonyl (C=O) groups is 3. The molecule has 4 atom stereocenters. The molecule has 1 aromatic carbocycles. The van der Waals surface area contributed by atoms with E-state index in [4.69, 9.17) is 9.47 Å². The Morgan fingerprint density at radius 2 is 1.90 bits per heavy atom. The van der Waals surface area contributed by atoms with Crippen LogP contribution in [-0.4, -0.2) is 71.8 Å². The molecule has 2 aliphatic heterocycles. The van der Waals surface area contributed by atoms with E-state index in [0.717, 1.165) is 16.7 Å². The maximum atomic E-state index is 13.9. The highest BCUT2D eigenvalue weighted by Gasteiger charge is 2.47. The number of carbonyl (C=O) groups excluding carboxylic acids is 3. The van der Waals surface area contributed by atoms with Gasteiger partial charge in [0.2, 0.25) is 5.91 Å². The monoisotopic (exact) mass is 579 g/mol. The fourth-order valence-corrected chi connectivity index (χ4v) is 5.39. The first-order valence-corrected chi connectivity index (χ1v) is 13.9. The Morgan fingerprint density at radius 3 is 2.51 bits per heavy atom. The van der Waals surface area contributed by atoms with E-state index in [1.807, 2.05) is 18.2 Å². The van der Waals surface area contributed by atoms with Crippen LogP contribution in [0.2, 0.25) is 0 Å². The van der Waals surface area contributed by atoms with Crippen molar-refractivity contribution in [2.45, 2.75) is 89.4 Å². The third-order valence-electron chi connectivity index (χ3n) is 7.64. The van der Waals surface area contributed by atoms with E-state index in [2.05, 4.69) is 18.5 Å². The normalized spacial score (nSPS) is 20.0. The minimum Gasteiger partial charge on any atom is -0.467 e. The molecule has 2 amide bonds. The van der Waals surface area contributed by atoms with Crippen LogP contribution in [0, 0.1) is 5.92 Å². The zero-order valence-electron chi connectivity index (χ0n) is 23.9. The maximum absolute atomic E-state index is 13.9. The highest BCUT2D eigenvalue weighted by molar-refractivity contribution is 5.88. The van der Waals surface area contributed by atoms with Gasteiger partial charge in [-0.05, 0) is 41.9 Å². The van der Waals surface area contributed by atoms with E-state index in [1.165, 1.54) is 16.9 Å². The highest BCUT2D eigenvalue weighted by Crippen LogP contribution is 2.30. The van der Waals surface area contributed by atoms with Crippen molar-refractivity contribution in [2.75, 3.05) is 13.7 Å². The van der Waals surface area contributed by atoms with E-state index in [-0.39, 0.29) is 19.4 Å². The molecule has 41 heavy (non-hydrogen) atoms. The Kier molecular flexibility index (Phi) is 11.0. The summed E-state index contributed by atoms with van der Waals surface area (Å²) < 4.78 is 52.3. The number of fused-ring (bicyclic) bond motifs is 1. The number of halogens is 3. The molecule has 2 heterocycles. The Balaban J connectivity index is 1.72. The van der Waals surface area contributed by atoms with Gasteiger partial charge in [0, 0.05) is 13.0 Å². The number of ether oxygens (including phenoxy) is 2. The van der Waals surface area contributed by atoms with E-state index in [9.17, 15) is 27.6 Å². The van der Waals surface area contributed by atoms with Crippen LogP contribution in [0.25, 0.3) is 6.08 Å². The smallest absolute Gasteiger partial charge is 0.410 e. The first kappa shape index (κ1) is 32.2. The van der Waals surface area contributed by atoms with Crippen molar-refractivity contribution in [3.8, 4) is 0 Å². The lowest BCUT2D eigenvalue weighted by Gasteiger charge is -2.33. The first-order chi connectivity index (χ1) is 19.4. The molecule has 1 saturated heterocycles. The van der Waals surface area contributed by atoms with Crippen LogP contribution in [0.1, 0.15) is 62.6 Å². The Hall–Kier alpha value is -3.34. The van der Waals surface area contributed by atoms with Crippen molar-refractivity contribution < 1.29 is 37.0 Å². The Morgan fingerprint density at radius 1 is 1.17 bits per heavy atom. The van der Waals surface area contributed by atoms with Crippen LogP contribution in [0.15, 0.2) is 37.4 Å². The van der Waals surface area contributed by atoms with E-state index in [0.29, 0.717) is 32.4 Å². The van der Waals surface area contributed by atoms with E-state index in [1.54, 1.807) is 26.0 Å². The number of likely N-dealkylation sites (tertiary alicyclic amines) is 1.